The Morgan fingerprint density at radius 2 is 1.81 bits per heavy atom. The summed E-state index contributed by atoms with van der Waals surface area (Å²) in [6, 6.07) is 8.22. The van der Waals surface area contributed by atoms with E-state index in [-0.39, 0.29) is 5.92 Å². The van der Waals surface area contributed by atoms with E-state index in [1.807, 2.05) is 12.1 Å². The van der Waals surface area contributed by atoms with Crippen LogP contribution in [0.15, 0.2) is 24.3 Å². The molecular weight excluding hydrogens is 260 g/mol. The number of amides is 1. The van der Waals surface area contributed by atoms with Crippen molar-refractivity contribution in [2.45, 2.75) is 40.0 Å². The smallest absolute Gasteiger partial charge is 0.230 e. The fourth-order valence-corrected chi connectivity index (χ4v) is 3.08. The number of rotatable bonds is 5. The van der Waals surface area contributed by atoms with Gasteiger partial charge in [0.15, 0.2) is 0 Å². The lowest BCUT2D eigenvalue weighted by molar-refractivity contribution is -0.134. The highest BCUT2D eigenvalue weighted by Crippen LogP contribution is 2.33. The summed E-state index contributed by atoms with van der Waals surface area (Å²) in [7, 11) is 0. The summed E-state index contributed by atoms with van der Waals surface area (Å²) in [6.45, 7) is 11.3. The van der Waals surface area contributed by atoms with Gasteiger partial charge in [-0.1, -0.05) is 45.9 Å². The van der Waals surface area contributed by atoms with E-state index in [9.17, 15) is 4.79 Å². The van der Waals surface area contributed by atoms with Gasteiger partial charge in [0.2, 0.25) is 5.91 Å². The largest absolute Gasteiger partial charge is 0.385 e. The van der Waals surface area contributed by atoms with Crippen LogP contribution >= 0.6 is 0 Å². The van der Waals surface area contributed by atoms with Crippen LogP contribution in [0, 0.1) is 11.8 Å². The third-order valence-electron chi connectivity index (χ3n) is 3.87. The second-order valence-electron chi connectivity index (χ2n) is 6.89. The van der Waals surface area contributed by atoms with E-state index < -0.39 is 0 Å². The van der Waals surface area contributed by atoms with Gasteiger partial charge in [-0.15, -0.1) is 0 Å². The van der Waals surface area contributed by atoms with Gasteiger partial charge in [-0.25, -0.2) is 0 Å². The molecule has 0 saturated heterocycles. The number of carbonyl (C=O) groups is 1. The van der Waals surface area contributed by atoms with Gasteiger partial charge in [0.25, 0.3) is 0 Å². The zero-order chi connectivity index (χ0) is 15.4. The number of nitrogens with one attached hydrogen (secondary N) is 1. The van der Waals surface area contributed by atoms with Crippen LogP contribution in [-0.4, -0.2) is 30.4 Å². The molecule has 0 bridgehead atoms. The Hall–Kier alpha value is -1.51. The van der Waals surface area contributed by atoms with Crippen molar-refractivity contribution in [2.75, 3.05) is 25.0 Å². The van der Waals surface area contributed by atoms with E-state index in [4.69, 9.17) is 0 Å². The maximum absolute atomic E-state index is 13.0. The van der Waals surface area contributed by atoms with Crippen molar-refractivity contribution < 1.29 is 4.79 Å². The van der Waals surface area contributed by atoms with Crippen LogP contribution in [0.25, 0.3) is 0 Å². The molecule has 2 rings (SSSR count). The molecule has 1 heterocycles. The van der Waals surface area contributed by atoms with Crippen molar-refractivity contribution in [3.8, 4) is 0 Å². The molecule has 0 aromatic heterocycles. The van der Waals surface area contributed by atoms with Crippen molar-refractivity contribution in [1.29, 1.82) is 0 Å². The summed E-state index contributed by atoms with van der Waals surface area (Å²) in [5.74, 6) is 1.32. The molecule has 1 atom stereocenters. The fourth-order valence-electron chi connectivity index (χ4n) is 3.08. The van der Waals surface area contributed by atoms with Gasteiger partial charge < -0.3 is 10.2 Å². The predicted molar refractivity (Wildman–Crippen MR) is 88.5 cm³/mol. The highest BCUT2D eigenvalue weighted by Gasteiger charge is 2.30. The van der Waals surface area contributed by atoms with Crippen molar-refractivity contribution in [3.05, 3.63) is 29.8 Å². The lowest BCUT2D eigenvalue weighted by Gasteiger charge is -2.33. The standard InChI is InChI=1S/C18H28N2O/c1-13(2)11-20(12-14(3)4)18(21)16-9-10-19-17-8-6-5-7-15(16)17/h5-8,13-14,16,19H,9-12H2,1-4H3. The Balaban J connectivity index is 2.21. The Morgan fingerprint density at radius 3 is 2.43 bits per heavy atom. The molecule has 0 fully saturated rings. The van der Waals surface area contributed by atoms with Crippen molar-refractivity contribution in [1.82, 2.24) is 4.90 Å². The molecule has 0 saturated carbocycles. The van der Waals surface area contributed by atoms with E-state index >= 15 is 0 Å². The monoisotopic (exact) mass is 288 g/mol. The van der Waals surface area contributed by atoms with E-state index in [2.05, 4.69) is 50.0 Å². The molecule has 0 radical (unpaired) electrons. The number of nitrogens with zero attached hydrogens (tertiary/aromatic N) is 1. The summed E-state index contributed by atoms with van der Waals surface area (Å²) >= 11 is 0. The SMILES string of the molecule is CC(C)CN(CC(C)C)C(=O)C1CCNc2ccccc21. The number of hydrogen-bond donors (Lipinski definition) is 1. The molecule has 0 aliphatic carbocycles. The quantitative estimate of drug-likeness (QED) is 0.895. The van der Waals surface area contributed by atoms with Crippen LogP contribution in [0.2, 0.25) is 0 Å². The molecule has 1 aliphatic rings. The maximum Gasteiger partial charge on any atom is 0.230 e. The summed E-state index contributed by atoms with van der Waals surface area (Å²) < 4.78 is 0. The molecule has 1 unspecified atom stereocenters. The number of fused-ring (bicyclic) bond motifs is 1. The molecule has 1 aliphatic heterocycles. The van der Waals surface area contributed by atoms with Gasteiger partial charge in [-0.2, -0.15) is 0 Å². The van der Waals surface area contributed by atoms with Crippen LogP contribution in [0.5, 0.6) is 0 Å². The molecule has 0 spiro atoms. The molecule has 1 amide bonds. The number of anilines is 1. The third-order valence-corrected chi connectivity index (χ3v) is 3.87. The number of para-hydroxylation sites is 1. The molecule has 21 heavy (non-hydrogen) atoms. The minimum atomic E-state index is 0.0138. The highest BCUT2D eigenvalue weighted by molar-refractivity contribution is 5.86. The summed E-state index contributed by atoms with van der Waals surface area (Å²) in [5, 5.41) is 3.40. The van der Waals surface area contributed by atoms with E-state index in [1.54, 1.807) is 0 Å². The second-order valence-corrected chi connectivity index (χ2v) is 6.89. The van der Waals surface area contributed by atoms with Gasteiger partial charge in [-0.05, 0) is 29.9 Å². The van der Waals surface area contributed by atoms with Crippen LogP contribution in [-0.2, 0) is 4.79 Å². The van der Waals surface area contributed by atoms with Crippen LogP contribution in [0.1, 0.15) is 45.6 Å². The third kappa shape index (κ3) is 3.99. The molecule has 1 aromatic carbocycles. The van der Waals surface area contributed by atoms with E-state index in [0.717, 1.165) is 37.3 Å². The molecule has 1 N–H and O–H groups in total. The predicted octanol–water partition coefficient (Wildman–Crippen LogP) is 3.73. The van der Waals surface area contributed by atoms with Crippen LogP contribution < -0.4 is 5.32 Å². The molecule has 1 aromatic rings. The zero-order valence-electron chi connectivity index (χ0n) is 13.7. The number of benzene rings is 1. The van der Waals surface area contributed by atoms with Crippen molar-refractivity contribution in [3.63, 3.8) is 0 Å². The van der Waals surface area contributed by atoms with Crippen LogP contribution in [0.4, 0.5) is 5.69 Å². The van der Waals surface area contributed by atoms with Crippen LogP contribution in [0.3, 0.4) is 0 Å². The summed E-state index contributed by atoms with van der Waals surface area (Å²) in [5.41, 5.74) is 2.28. The molecule has 3 nitrogen and oxygen atoms in total. The Bertz CT molecular complexity index is 472. The first-order valence-corrected chi connectivity index (χ1v) is 8.10. The van der Waals surface area contributed by atoms with E-state index in [0.29, 0.717) is 17.7 Å². The maximum atomic E-state index is 13.0. The normalized spacial score (nSPS) is 17.5. The summed E-state index contributed by atoms with van der Waals surface area (Å²) in [4.78, 5) is 15.1. The minimum Gasteiger partial charge on any atom is -0.385 e. The average molecular weight is 288 g/mol. The summed E-state index contributed by atoms with van der Waals surface area (Å²) in [6.07, 6.45) is 0.891. The first-order valence-electron chi connectivity index (χ1n) is 8.10. The van der Waals surface area contributed by atoms with E-state index in [1.165, 1.54) is 0 Å². The zero-order valence-corrected chi connectivity index (χ0v) is 13.7. The Kier molecular flexibility index (Phi) is 5.27. The molecular formula is C18H28N2O. The average Bonchev–Trinajstić information content (AvgIpc) is 2.44. The lowest BCUT2D eigenvalue weighted by Crippen LogP contribution is -2.41. The molecule has 116 valence electrons. The fraction of sp³-hybridized carbons (Fsp3) is 0.611. The van der Waals surface area contributed by atoms with Gasteiger partial charge in [0, 0.05) is 25.3 Å². The first-order chi connectivity index (χ1) is 9.99. The highest BCUT2D eigenvalue weighted by atomic mass is 16.2. The topological polar surface area (TPSA) is 32.3 Å². The molecule has 3 heteroatoms. The second kappa shape index (κ2) is 6.97. The van der Waals surface area contributed by atoms with Gasteiger partial charge in [0.1, 0.15) is 0 Å². The number of hydrogen-bond acceptors (Lipinski definition) is 2. The van der Waals surface area contributed by atoms with Gasteiger partial charge in [0.05, 0.1) is 5.92 Å². The van der Waals surface area contributed by atoms with Gasteiger partial charge >= 0.3 is 0 Å². The Labute approximate surface area is 128 Å². The minimum absolute atomic E-state index is 0.0138. The van der Waals surface area contributed by atoms with Gasteiger partial charge in [-0.3, -0.25) is 4.79 Å². The Morgan fingerprint density at radius 1 is 1.19 bits per heavy atom. The lowest BCUT2D eigenvalue weighted by atomic mass is 9.89. The van der Waals surface area contributed by atoms with Crippen molar-refractivity contribution >= 4 is 11.6 Å². The van der Waals surface area contributed by atoms with Crippen molar-refractivity contribution in [2.24, 2.45) is 11.8 Å². The number of carbonyl (C=O) groups excluding carboxylic acids is 1. The first kappa shape index (κ1) is 15.9.